The Labute approximate surface area is 206 Å². The van der Waals surface area contributed by atoms with Gasteiger partial charge in [-0.25, -0.2) is 4.99 Å². The van der Waals surface area contributed by atoms with E-state index in [0.29, 0.717) is 13.2 Å². The number of ether oxygens (including phenoxy) is 1. The van der Waals surface area contributed by atoms with Crippen LogP contribution in [-0.2, 0) is 25.8 Å². The summed E-state index contributed by atoms with van der Waals surface area (Å²) in [6, 6.07) is 12.2. The molecule has 0 spiro atoms. The highest BCUT2D eigenvalue weighted by molar-refractivity contribution is 14.0. The molecule has 3 aromatic rings. The predicted molar refractivity (Wildman–Crippen MR) is 135 cm³/mol. The lowest BCUT2D eigenvalue weighted by Crippen LogP contribution is -2.42. The molecule has 1 aliphatic rings. The molecule has 0 aliphatic carbocycles. The monoisotopic (exact) mass is 550 g/mol. The van der Waals surface area contributed by atoms with Crippen LogP contribution in [0.25, 0.3) is 0 Å². The fourth-order valence-electron chi connectivity index (χ4n) is 3.84. The number of guanidine groups is 1. The Bertz CT molecular complexity index is 979. The normalized spacial score (nSPS) is 15.4. The van der Waals surface area contributed by atoms with Gasteiger partial charge >= 0.3 is 0 Å². The summed E-state index contributed by atoms with van der Waals surface area (Å²) in [6.45, 7) is 6.09. The maximum absolute atomic E-state index is 5.81. The van der Waals surface area contributed by atoms with Gasteiger partial charge in [-0.2, -0.15) is 0 Å². The number of halogens is 1. The summed E-state index contributed by atoms with van der Waals surface area (Å²) < 4.78 is 16.8. The molecular weight excluding hydrogens is 519 g/mol. The molecule has 1 aliphatic heterocycles. The van der Waals surface area contributed by atoms with E-state index < -0.39 is 0 Å². The molecule has 32 heavy (non-hydrogen) atoms. The Morgan fingerprint density at radius 3 is 2.81 bits per heavy atom. The summed E-state index contributed by atoms with van der Waals surface area (Å²) in [4.78, 5) is 4.89. The van der Waals surface area contributed by atoms with Gasteiger partial charge in [0.25, 0.3) is 0 Å². The van der Waals surface area contributed by atoms with E-state index in [1.807, 2.05) is 30.3 Å². The molecule has 2 aromatic heterocycles. The molecule has 7 nitrogen and oxygen atoms in total. The van der Waals surface area contributed by atoms with Crippen LogP contribution in [0.3, 0.4) is 0 Å². The third kappa shape index (κ3) is 5.85. The fourth-order valence-corrected chi connectivity index (χ4v) is 3.84. The number of para-hydroxylation sites is 1. The van der Waals surface area contributed by atoms with Crippen LogP contribution in [0.1, 0.15) is 54.7 Å². The lowest BCUT2D eigenvalue weighted by molar-refractivity contribution is 0.261. The second kappa shape index (κ2) is 11.9. The lowest BCUT2D eigenvalue weighted by Gasteiger charge is -2.28. The molecule has 0 saturated carbocycles. The number of fused-ring (bicyclic) bond motifs is 1. The predicted octanol–water partition coefficient (Wildman–Crippen LogP) is 4.81. The van der Waals surface area contributed by atoms with Crippen LogP contribution >= 0.6 is 24.0 Å². The highest BCUT2D eigenvalue weighted by Crippen LogP contribution is 2.31. The minimum atomic E-state index is 0. The molecule has 8 heteroatoms. The molecular formula is C24H31IN4O3. The van der Waals surface area contributed by atoms with Gasteiger partial charge in [0.05, 0.1) is 31.2 Å². The molecule has 1 atom stereocenters. The minimum absolute atomic E-state index is 0. The van der Waals surface area contributed by atoms with E-state index in [4.69, 9.17) is 18.7 Å². The van der Waals surface area contributed by atoms with Crippen LogP contribution in [0.15, 0.2) is 56.6 Å². The first-order valence-corrected chi connectivity index (χ1v) is 11.0. The number of nitrogens with one attached hydrogen (secondary N) is 2. The van der Waals surface area contributed by atoms with Gasteiger partial charge in [0.1, 0.15) is 17.3 Å². The standard InChI is InChI=1S/C24H30N4O3.HI/c1-3-20-19(22(4-2)31-28-20)16-26-24(25-13-11-17-8-7-14-29-17)27-21-12-15-30-23-10-6-5-9-18(21)23;/h5-10,14,21H,3-4,11-13,15-16H2,1-2H3,(H2,25,26,27);1H. The second-order valence-electron chi connectivity index (χ2n) is 7.53. The van der Waals surface area contributed by atoms with Crippen LogP contribution in [0.4, 0.5) is 0 Å². The van der Waals surface area contributed by atoms with Crippen LogP contribution in [0.5, 0.6) is 5.75 Å². The zero-order valence-electron chi connectivity index (χ0n) is 18.6. The molecule has 172 valence electrons. The van der Waals surface area contributed by atoms with Gasteiger partial charge < -0.3 is 24.3 Å². The van der Waals surface area contributed by atoms with Crippen LogP contribution in [-0.4, -0.2) is 24.3 Å². The molecule has 1 unspecified atom stereocenters. The number of hydrogen-bond donors (Lipinski definition) is 2. The van der Waals surface area contributed by atoms with E-state index in [1.165, 1.54) is 0 Å². The summed E-state index contributed by atoms with van der Waals surface area (Å²) in [5, 5.41) is 11.3. The van der Waals surface area contributed by atoms with Crippen molar-refractivity contribution in [1.82, 2.24) is 15.8 Å². The third-order valence-corrected chi connectivity index (χ3v) is 5.52. The first kappa shape index (κ1) is 24.2. The summed E-state index contributed by atoms with van der Waals surface area (Å²) in [5.41, 5.74) is 3.22. The van der Waals surface area contributed by atoms with Crippen LogP contribution in [0, 0.1) is 0 Å². The van der Waals surface area contributed by atoms with E-state index in [1.54, 1.807) is 6.26 Å². The van der Waals surface area contributed by atoms with Crippen molar-refractivity contribution >= 4 is 29.9 Å². The molecule has 0 fully saturated rings. The molecule has 0 amide bonds. The smallest absolute Gasteiger partial charge is 0.192 e. The van der Waals surface area contributed by atoms with Crippen LogP contribution in [0.2, 0.25) is 0 Å². The average Bonchev–Trinajstić information content (AvgIpc) is 3.46. The summed E-state index contributed by atoms with van der Waals surface area (Å²) in [6.07, 6.45) is 5.00. The van der Waals surface area contributed by atoms with E-state index in [0.717, 1.165) is 72.3 Å². The van der Waals surface area contributed by atoms with Crippen molar-refractivity contribution < 1.29 is 13.7 Å². The van der Waals surface area contributed by atoms with Crippen LogP contribution < -0.4 is 15.4 Å². The highest BCUT2D eigenvalue weighted by Gasteiger charge is 2.22. The number of nitrogens with zero attached hydrogens (tertiary/aromatic N) is 2. The van der Waals surface area contributed by atoms with Crippen molar-refractivity contribution in [3.8, 4) is 5.75 Å². The largest absolute Gasteiger partial charge is 0.493 e. The third-order valence-electron chi connectivity index (χ3n) is 5.52. The Kier molecular flexibility index (Phi) is 9.01. The molecule has 0 saturated heterocycles. The van der Waals surface area contributed by atoms with Crippen molar-refractivity contribution in [3.05, 3.63) is 71.0 Å². The minimum Gasteiger partial charge on any atom is -0.493 e. The number of rotatable bonds is 8. The van der Waals surface area contributed by atoms with Crippen molar-refractivity contribution in [3.63, 3.8) is 0 Å². The number of aryl methyl sites for hydroxylation is 2. The maximum Gasteiger partial charge on any atom is 0.192 e. The number of aliphatic imine (C=N–C) groups is 1. The molecule has 0 bridgehead atoms. The zero-order chi connectivity index (χ0) is 21.5. The fraction of sp³-hybridized carbons (Fsp3) is 0.417. The lowest BCUT2D eigenvalue weighted by atomic mass is 10.0. The quantitative estimate of drug-likeness (QED) is 0.238. The highest BCUT2D eigenvalue weighted by atomic mass is 127. The van der Waals surface area contributed by atoms with E-state index in [-0.39, 0.29) is 30.0 Å². The first-order chi connectivity index (χ1) is 15.3. The second-order valence-corrected chi connectivity index (χ2v) is 7.53. The van der Waals surface area contributed by atoms with Crippen molar-refractivity contribution in [1.29, 1.82) is 0 Å². The number of benzene rings is 1. The molecule has 0 radical (unpaired) electrons. The topological polar surface area (TPSA) is 84.8 Å². The van der Waals surface area contributed by atoms with Crippen molar-refractivity contribution in [2.45, 2.75) is 52.1 Å². The average molecular weight is 550 g/mol. The number of hydrogen-bond acceptors (Lipinski definition) is 5. The van der Waals surface area contributed by atoms with Crippen molar-refractivity contribution in [2.75, 3.05) is 13.2 Å². The number of furan rings is 1. The van der Waals surface area contributed by atoms with Gasteiger partial charge in [-0.3, -0.25) is 0 Å². The van der Waals surface area contributed by atoms with Crippen molar-refractivity contribution in [2.24, 2.45) is 4.99 Å². The molecule has 2 N–H and O–H groups in total. The van der Waals surface area contributed by atoms with Gasteiger partial charge in [-0.1, -0.05) is 37.2 Å². The van der Waals surface area contributed by atoms with Gasteiger partial charge in [-0.05, 0) is 24.6 Å². The van der Waals surface area contributed by atoms with Gasteiger partial charge in [0, 0.05) is 36.9 Å². The Morgan fingerprint density at radius 1 is 1.16 bits per heavy atom. The maximum atomic E-state index is 5.81. The SMILES string of the molecule is CCc1noc(CC)c1CN=C(NCCc1ccco1)NC1CCOc2ccccc21.I. The van der Waals surface area contributed by atoms with Gasteiger partial charge in [0.15, 0.2) is 5.96 Å². The Hall–Kier alpha value is -2.49. The van der Waals surface area contributed by atoms with Gasteiger partial charge in [0.2, 0.25) is 0 Å². The summed E-state index contributed by atoms with van der Waals surface area (Å²) in [5.74, 6) is 3.55. The Balaban J connectivity index is 0.00000289. The first-order valence-electron chi connectivity index (χ1n) is 11.0. The molecule has 3 heterocycles. The molecule has 4 rings (SSSR count). The Morgan fingerprint density at radius 2 is 2.03 bits per heavy atom. The summed E-state index contributed by atoms with van der Waals surface area (Å²) in [7, 11) is 0. The van der Waals surface area contributed by atoms with Gasteiger partial charge in [-0.15, -0.1) is 24.0 Å². The van der Waals surface area contributed by atoms with E-state index in [9.17, 15) is 0 Å². The summed E-state index contributed by atoms with van der Waals surface area (Å²) >= 11 is 0. The van der Waals surface area contributed by atoms with E-state index >= 15 is 0 Å². The number of aromatic nitrogens is 1. The van der Waals surface area contributed by atoms with E-state index in [2.05, 4.69) is 35.7 Å². The zero-order valence-corrected chi connectivity index (χ0v) is 20.9. The molecule has 1 aromatic carbocycles.